The van der Waals surface area contributed by atoms with E-state index in [0.29, 0.717) is 10.5 Å². The highest BCUT2D eigenvalue weighted by Gasteiger charge is 1.95. The van der Waals surface area contributed by atoms with Gasteiger partial charge in [-0.3, -0.25) is 0 Å². The maximum Gasteiger partial charge on any atom is 0.00767 e. The molecular weight excluding hydrogens is 212 g/mol. The molecule has 14 heavy (non-hydrogen) atoms. The summed E-state index contributed by atoms with van der Waals surface area (Å²) in [5, 5.41) is 7.75. The van der Waals surface area contributed by atoms with E-state index in [-0.39, 0.29) is 0 Å². The van der Waals surface area contributed by atoms with Crippen molar-refractivity contribution in [2.45, 2.75) is 37.2 Å². The Morgan fingerprint density at radius 2 is 1.14 bits per heavy atom. The molecule has 86 valence electrons. The van der Waals surface area contributed by atoms with Crippen molar-refractivity contribution in [1.29, 1.82) is 0 Å². The molecule has 2 unspecified atom stereocenters. The number of thiol groups is 2. The van der Waals surface area contributed by atoms with Gasteiger partial charge in [0.15, 0.2) is 0 Å². The molecule has 0 rings (SSSR count). The van der Waals surface area contributed by atoms with Gasteiger partial charge in [0.25, 0.3) is 0 Å². The van der Waals surface area contributed by atoms with Crippen LogP contribution >= 0.6 is 25.3 Å². The van der Waals surface area contributed by atoms with Crippen LogP contribution in [0.25, 0.3) is 0 Å². The quantitative estimate of drug-likeness (QED) is 0.361. The van der Waals surface area contributed by atoms with Crippen molar-refractivity contribution >= 4 is 25.3 Å². The molecular formula is C10H24N2S2. The molecule has 2 nitrogen and oxygen atoms in total. The van der Waals surface area contributed by atoms with Crippen LogP contribution in [0.1, 0.15) is 26.7 Å². The lowest BCUT2D eigenvalue weighted by Crippen LogP contribution is -2.29. The Bertz CT molecular complexity index is 105. The lowest BCUT2D eigenvalue weighted by molar-refractivity contribution is 0.585. The van der Waals surface area contributed by atoms with Gasteiger partial charge in [-0.25, -0.2) is 0 Å². The normalized spacial score (nSPS) is 15.4. The van der Waals surface area contributed by atoms with E-state index in [2.05, 4.69) is 49.7 Å². The summed E-state index contributed by atoms with van der Waals surface area (Å²) in [5.74, 6) is 0. The molecule has 0 aromatic rings. The zero-order valence-electron chi connectivity index (χ0n) is 9.29. The third-order valence-corrected chi connectivity index (χ3v) is 2.47. The lowest BCUT2D eigenvalue weighted by atomic mass is 10.3. The van der Waals surface area contributed by atoms with Gasteiger partial charge in [0.05, 0.1) is 0 Å². The van der Waals surface area contributed by atoms with Gasteiger partial charge in [0.1, 0.15) is 0 Å². The van der Waals surface area contributed by atoms with Crippen molar-refractivity contribution in [3.63, 3.8) is 0 Å². The number of rotatable bonds is 9. The molecule has 0 saturated heterocycles. The summed E-state index contributed by atoms with van der Waals surface area (Å²) in [4.78, 5) is 0. The predicted octanol–water partition coefficient (Wildman–Crippen LogP) is 1.58. The van der Waals surface area contributed by atoms with Crippen molar-refractivity contribution < 1.29 is 0 Å². The van der Waals surface area contributed by atoms with Gasteiger partial charge in [0, 0.05) is 23.6 Å². The summed E-state index contributed by atoms with van der Waals surface area (Å²) in [6, 6.07) is 0. The van der Waals surface area contributed by atoms with E-state index in [1.54, 1.807) is 0 Å². The van der Waals surface area contributed by atoms with E-state index < -0.39 is 0 Å². The Labute approximate surface area is 99.4 Å². The van der Waals surface area contributed by atoms with Gasteiger partial charge in [-0.05, 0) is 25.9 Å². The average molecular weight is 236 g/mol. The highest BCUT2D eigenvalue weighted by molar-refractivity contribution is 7.81. The third-order valence-electron chi connectivity index (χ3n) is 1.96. The Morgan fingerprint density at radius 1 is 0.786 bits per heavy atom. The van der Waals surface area contributed by atoms with E-state index in [4.69, 9.17) is 0 Å². The zero-order chi connectivity index (χ0) is 10.8. The number of hydrogen-bond donors (Lipinski definition) is 4. The van der Waals surface area contributed by atoms with Crippen LogP contribution in [0.15, 0.2) is 0 Å². The van der Waals surface area contributed by atoms with Gasteiger partial charge in [-0.1, -0.05) is 13.8 Å². The molecule has 0 aromatic carbocycles. The molecule has 4 heteroatoms. The average Bonchev–Trinajstić information content (AvgIpc) is 2.08. The second-order valence-electron chi connectivity index (χ2n) is 3.78. The van der Waals surface area contributed by atoms with Gasteiger partial charge < -0.3 is 10.6 Å². The van der Waals surface area contributed by atoms with Crippen LogP contribution in [-0.2, 0) is 0 Å². The van der Waals surface area contributed by atoms with E-state index in [1.165, 1.54) is 0 Å². The molecule has 0 spiro atoms. The largest absolute Gasteiger partial charge is 0.315 e. The van der Waals surface area contributed by atoms with Crippen LogP contribution < -0.4 is 10.6 Å². The summed E-state index contributed by atoms with van der Waals surface area (Å²) in [7, 11) is 0. The van der Waals surface area contributed by atoms with Crippen LogP contribution in [0.2, 0.25) is 0 Å². The SMILES string of the molecule is CC(S)CCNCCNCCC(C)S. The monoisotopic (exact) mass is 236 g/mol. The van der Waals surface area contributed by atoms with Crippen molar-refractivity contribution in [3.8, 4) is 0 Å². The molecule has 0 saturated carbocycles. The highest BCUT2D eigenvalue weighted by atomic mass is 32.1. The van der Waals surface area contributed by atoms with E-state index >= 15 is 0 Å². The topological polar surface area (TPSA) is 24.1 Å². The van der Waals surface area contributed by atoms with Gasteiger partial charge in [-0.15, -0.1) is 0 Å². The molecule has 0 aliphatic carbocycles. The van der Waals surface area contributed by atoms with Gasteiger partial charge in [0.2, 0.25) is 0 Å². The van der Waals surface area contributed by atoms with Gasteiger partial charge >= 0.3 is 0 Å². The fourth-order valence-electron chi connectivity index (χ4n) is 1.05. The molecule has 0 aromatic heterocycles. The van der Waals surface area contributed by atoms with Crippen molar-refractivity contribution in [2.75, 3.05) is 26.2 Å². The molecule has 0 amide bonds. The number of nitrogens with one attached hydrogen (secondary N) is 2. The summed E-state index contributed by atoms with van der Waals surface area (Å²) < 4.78 is 0. The molecule has 0 heterocycles. The van der Waals surface area contributed by atoms with E-state index in [9.17, 15) is 0 Å². The Hall–Kier alpha value is 0.620. The Balaban J connectivity index is 2.92. The summed E-state index contributed by atoms with van der Waals surface area (Å²) >= 11 is 8.63. The summed E-state index contributed by atoms with van der Waals surface area (Å²) in [5.41, 5.74) is 0. The predicted molar refractivity (Wildman–Crippen MR) is 71.9 cm³/mol. The van der Waals surface area contributed by atoms with Crippen molar-refractivity contribution in [3.05, 3.63) is 0 Å². The van der Waals surface area contributed by atoms with Crippen molar-refractivity contribution in [1.82, 2.24) is 10.6 Å². The first kappa shape index (κ1) is 14.6. The van der Waals surface area contributed by atoms with E-state index in [0.717, 1.165) is 39.0 Å². The van der Waals surface area contributed by atoms with E-state index in [1.807, 2.05) is 0 Å². The Kier molecular flexibility index (Phi) is 10.6. The molecule has 2 atom stereocenters. The first-order valence-electron chi connectivity index (χ1n) is 5.40. The van der Waals surface area contributed by atoms with Crippen LogP contribution in [0.4, 0.5) is 0 Å². The second kappa shape index (κ2) is 10.1. The zero-order valence-corrected chi connectivity index (χ0v) is 11.1. The minimum atomic E-state index is 0.500. The first-order chi connectivity index (χ1) is 6.63. The lowest BCUT2D eigenvalue weighted by Gasteiger charge is -2.08. The van der Waals surface area contributed by atoms with Crippen molar-refractivity contribution in [2.24, 2.45) is 0 Å². The molecule has 2 N–H and O–H groups in total. The molecule has 0 fully saturated rings. The van der Waals surface area contributed by atoms with Crippen LogP contribution in [0.3, 0.4) is 0 Å². The number of hydrogen-bond acceptors (Lipinski definition) is 4. The fraction of sp³-hybridized carbons (Fsp3) is 1.00. The first-order valence-corrected chi connectivity index (χ1v) is 6.43. The Morgan fingerprint density at radius 3 is 1.43 bits per heavy atom. The maximum atomic E-state index is 4.31. The van der Waals surface area contributed by atoms with Gasteiger partial charge in [-0.2, -0.15) is 25.3 Å². The third kappa shape index (κ3) is 12.6. The summed E-state index contributed by atoms with van der Waals surface area (Å²) in [6.45, 7) is 8.46. The molecule has 0 aliphatic heterocycles. The van der Waals surface area contributed by atoms with Crippen LogP contribution in [0, 0.1) is 0 Å². The fourth-order valence-corrected chi connectivity index (χ4v) is 1.31. The highest BCUT2D eigenvalue weighted by Crippen LogP contribution is 1.96. The van der Waals surface area contributed by atoms with Crippen LogP contribution in [-0.4, -0.2) is 36.7 Å². The second-order valence-corrected chi connectivity index (χ2v) is 5.54. The van der Waals surface area contributed by atoms with Crippen LogP contribution in [0.5, 0.6) is 0 Å². The standard InChI is InChI=1S/C10H24N2S2/c1-9(13)3-5-11-7-8-12-6-4-10(2)14/h9-14H,3-8H2,1-2H3. The molecule has 0 aliphatic rings. The molecule has 0 radical (unpaired) electrons. The molecule has 0 bridgehead atoms. The summed E-state index contributed by atoms with van der Waals surface area (Å²) in [6.07, 6.45) is 2.27. The maximum absolute atomic E-state index is 4.31. The smallest absolute Gasteiger partial charge is 0.00767 e. The minimum absolute atomic E-state index is 0.500. The minimum Gasteiger partial charge on any atom is -0.315 e.